The van der Waals surface area contributed by atoms with Gasteiger partial charge < -0.3 is 11.1 Å². The molecule has 0 unspecified atom stereocenters. The van der Waals surface area contributed by atoms with Crippen molar-refractivity contribution in [3.8, 4) is 0 Å². The Labute approximate surface area is 101 Å². The van der Waals surface area contributed by atoms with Gasteiger partial charge in [-0.3, -0.25) is 4.99 Å². The molecule has 0 atom stereocenters. The van der Waals surface area contributed by atoms with Crippen molar-refractivity contribution in [3.05, 3.63) is 22.4 Å². The molecule has 4 heteroatoms. The SMILES string of the molecule is NC(=NCC1CCC1)NCCc1ccsc1. The Morgan fingerprint density at radius 3 is 3.06 bits per heavy atom. The standard InChI is InChI=1S/C12H19N3S/c13-12(15-8-10-2-1-3-10)14-6-4-11-5-7-16-9-11/h5,7,9-10H,1-4,6,8H2,(H3,13,14,15). The van der Waals surface area contributed by atoms with Crippen LogP contribution in [0.1, 0.15) is 24.8 Å². The molecule has 3 nitrogen and oxygen atoms in total. The average Bonchev–Trinajstić information content (AvgIpc) is 2.68. The summed E-state index contributed by atoms with van der Waals surface area (Å²) in [7, 11) is 0. The van der Waals surface area contributed by atoms with Crippen molar-refractivity contribution in [3.63, 3.8) is 0 Å². The first-order valence-electron chi connectivity index (χ1n) is 5.89. The Morgan fingerprint density at radius 2 is 2.44 bits per heavy atom. The van der Waals surface area contributed by atoms with Crippen LogP contribution in [0.5, 0.6) is 0 Å². The quantitative estimate of drug-likeness (QED) is 0.608. The minimum atomic E-state index is 0.599. The fraction of sp³-hybridized carbons (Fsp3) is 0.583. The van der Waals surface area contributed by atoms with Crippen molar-refractivity contribution < 1.29 is 0 Å². The highest BCUT2D eigenvalue weighted by atomic mass is 32.1. The summed E-state index contributed by atoms with van der Waals surface area (Å²) in [5.74, 6) is 1.39. The van der Waals surface area contributed by atoms with E-state index in [1.54, 1.807) is 11.3 Å². The van der Waals surface area contributed by atoms with Crippen LogP contribution in [0, 0.1) is 5.92 Å². The molecule has 1 aromatic heterocycles. The molecule has 0 aliphatic heterocycles. The van der Waals surface area contributed by atoms with Gasteiger partial charge in [-0.25, -0.2) is 0 Å². The first-order chi connectivity index (χ1) is 7.84. The maximum absolute atomic E-state index is 5.78. The molecule has 1 fully saturated rings. The molecule has 2 rings (SSSR count). The van der Waals surface area contributed by atoms with Gasteiger partial charge in [0.1, 0.15) is 0 Å². The van der Waals surface area contributed by atoms with Crippen LogP contribution in [0.3, 0.4) is 0 Å². The summed E-state index contributed by atoms with van der Waals surface area (Å²) < 4.78 is 0. The number of nitrogens with one attached hydrogen (secondary N) is 1. The maximum atomic E-state index is 5.78. The molecule has 0 amide bonds. The Morgan fingerprint density at radius 1 is 1.56 bits per heavy atom. The second kappa shape index (κ2) is 5.89. The third-order valence-corrected chi connectivity index (χ3v) is 3.78. The molecule has 1 aliphatic rings. The van der Waals surface area contributed by atoms with Gasteiger partial charge in [-0.2, -0.15) is 11.3 Å². The van der Waals surface area contributed by atoms with Gasteiger partial charge in [0.05, 0.1) is 0 Å². The molecule has 1 heterocycles. The topological polar surface area (TPSA) is 50.4 Å². The van der Waals surface area contributed by atoms with Crippen molar-refractivity contribution in [2.45, 2.75) is 25.7 Å². The summed E-state index contributed by atoms with van der Waals surface area (Å²) in [5.41, 5.74) is 7.15. The van der Waals surface area contributed by atoms with E-state index in [9.17, 15) is 0 Å². The lowest BCUT2D eigenvalue weighted by Gasteiger charge is -2.23. The van der Waals surface area contributed by atoms with E-state index in [1.165, 1.54) is 24.8 Å². The monoisotopic (exact) mass is 237 g/mol. The van der Waals surface area contributed by atoms with Crippen LogP contribution >= 0.6 is 11.3 Å². The zero-order valence-corrected chi connectivity index (χ0v) is 10.3. The normalized spacial score (nSPS) is 17.1. The Balaban J connectivity index is 1.61. The number of rotatable bonds is 5. The van der Waals surface area contributed by atoms with E-state index in [4.69, 9.17) is 5.73 Å². The summed E-state index contributed by atoms with van der Waals surface area (Å²) in [5, 5.41) is 7.43. The van der Waals surface area contributed by atoms with Crippen molar-refractivity contribution in [1.82, 2.24) is 5.32 Å². The van der Waals surface area contributed by atoms with Crippen LogP contribution in [0.25, 0.3) is 0 Å². The summed E-state index contributed by atoms with van der Waals surface area (Å²) >= 11 is 1.73. The van der Waals surface area contributed by atoms with E-state index >= 15 is 0 Å². The van der Waals surface area contributed by atoms with Crippen LogP contribution in [-0.2, 0) is 6.42 Å². The number of nitrogens with two attached hydrogens (primary N) is 1. The largest absolute Gasteiger partial charge is 0.370 e. The van der Waals surface area contributed by atoms with E-state index in [2.05, 4.69) is 27.1 Å². The lowest BCUT2D eigenvalue weighted by Crippen LogP contribution is -2.34. The first-order valence-corrected chi connectivity index (χ1v) is 6.84. The molecule has 0 bridgehead atoms. The van der Waals surface area contributed by atoms with E-state index in [0.29, 0.717) is 5.96 Å². The Kier molecular flexibility index (Phi) is 4.22. The zero-order valence-electron chi connectivity index (χ0n) is 9.48. The lowest BCUT2D eigenvalue weighted by molar-refractivity contribution is 0.326. The van der Waals surface area contributed by atoms with Gasteiger partial charge in [-0.05, 0) is 47.6 Å². The lowest BCUT2D eigenvalue weighted by atomic mass is 9.86. The second-order valence-electron chi connectivity index (χ2n) is 4.33. The van der Waals surface area contributed by atoms with Gasteiger partial charge in [0.2, 0.25) is 0 Å². The molecule has 1 saturated carbocycles. The average molecular weight is 237 g/mol. The van der Waals surface area contributed by atoms with Gasteiger partial charge in [-0.15, -0.1) is 0 Å². The predicted octanol–water partition coefficient (Wildman–Crippen LogP) is 1.99. The number of guanidine groups is 1. The molecule has 1 aliphatic carbocycles. The molecule has 88 valence electrons. The highest BCUT2D eigenvalue weighted by Gasteiger charge is 2.16. The molecule has 0 saturated heterocycles. The molecule has 1 aromatic rings. The Hall–Kier alpha value is -1.03. The molecular formula is C12H19N3S. The van der Waals surface area contributed by atoms with Crippen molar-refractivity contribution in [1.29, 1.82) is 0 Å². The molecule has 0 spiro atoms. The smallest absolute Gasteiger partial charge is 0.188 e. The number of hydrogen-bond acceptors (Lipinski definition) is 2. The summed E-state index contributed by atoms with van der Waals surface area (Å²) in [4.78, 5) is 4.35. The molecule has 0 aromatic carbocycles. The van der Waals surface area contributed by atoms with E-state index in [-0.39, 0.29) is 0 Å². The van der Waals surface area contributed by atoms with Crippen molar-refractivity contribution in [2.75, 3.05) is 13.1 Å². The first kappa shape index (κ1) is 11.5. The molecule has 3 N–H and O–H groups in total. The van der Waals surface area contributed by atoms with E-state index < -0.39 is 0 Å². The van der Waals surface area contributed by atoms with Gasteiger partial charge in [-0.1, -0.05) is 6.42 Å². The van der Waals surface area contributed by atoms with Crippen LogP contribution in [0.2, 0.25) is 0 Å². The zero-order chi connectivity index (χ0) is 11.2. The predicted molar refractivity (Wildman–Crippen MR) is 69.9 cm³/mol. The highest BCUT2D eigenvalue weighted by molar-refractivity contribution is 7.07. The van der Waals surface area contributed by atoms with Crippen LogP contribution in [-0.4, -0.2) is 19.0 Å². The third-order valence-electron chi connectivity index (χ3n) is 3.04. The number of aliphatic imine (C=N–C) groups is 1. The highest BCUT2D eigenvalue weighted by Crippen LogP contribution is 2.26. The number of nitrogens with zero attached hydrogens (tertiary/aromatic N) is 1. The summed E-state index contributed by atoms with van der Waals surface area (Å²) in [6.45, 7) is 1.77. The van der Waals surface area contributed by atoms with Crippen LogP contribution in [0.15, 0.2) is 21.8 Å². The molecule has 16 heavy (non-hydrogen) atoms. The molecule has 0 radical (unpaired) electrons. The summed E-state index contributed by atoms with van der Waals surface area (Å²) in [6.07, 6.45) is 5.03. The van der Waals surface area contributed by atoms with Gasteiger partial charge >= 0.3 is 0 Å². The second-order valence-corrected chi connectivity index (χ2v) is 5.11. The number of hydrogen-bond donors (Lipinski definition) is 2. The summed E-state index contributed by atoms with van der Waals surface area (Å²) in [6, 6.07) is 2.15. The molecular weight excluding hydrogens is 218 g/mol. The van der Waals surface area contributed by atoms with Crippen LogP contribution < -0.4 is 11.1 Å². The van der Waals surface area contributed by atoms with Crippen molar-refractivity contribution >= 4 is 17.3 Å². The minimum absolute atomic E-state index is 0.599. The van der Waals surface area contributed by atoms with E-state index in [0.717, 1.165) is 25.4 Å². The Bertz CT molecular complexity index is 328. The maximum Gasteiger partial charge on any atom is 0.188 e. The number of thiophene rings is 1. The fourth-order valence-electron chi connectivity index (χ4n) is 1.73. The van der Waals surface area contributed by atoms with Gasteiger partial charge in [0.25, 0.3) is 0 Å². The fourth-order valence-corrected chi connectivity index (χ4v) is 2.43. The van der Waals surface area contributed by atoms with E-state index in [1.807, 2.05) is 0 Å². The van der Waals surface area contributed by atoms with Crippen LogP contribution in [0.4, 0.5) is 0 Å². The van der Waals surface area contributed by atoms with Gasteiger partial charge in [0.15, 0.2) is 5.96 Å². The van der Waals surface area contributed by atoms with Gasteiger partial charge in [0, 0.05) is 13.1 Å². The third kappa shape index (κ3) is 3.52. The minimum Gasteiger partial charge on any atom is -0.370 e. The van der Waals surface area contributed by atoms with Crippen molar-refractivity contribution in [2.24, 2.45) is 16.6 Å².